The normalized spacial score (nSPS) is 10.1. The van der Waals surface area contributed by atoms with E-state index in [1.54, 1.807) is 7.11 Å². The van der Waals surface area contributed by atoms with Gasteiger partial charge in [0, 0.05) is 23.3 Å². The summed E-state index contributed by atoms with van der Waals surface area (Å²) in [5.74, 6) is 0.806. The van der Waals surface area contributed by atoms with Gasteiger partial charge >= 0.3 is 6.03 Å². The van der Waals surface area contributed by atoms with Crippen LogP contribution in [-0.4, -0.2) is 24.7 Å². The van der Waals surface area contributed by atoms with E-state index in [9.17, 15) is 4.79 Å². The molecule has 0 fully saturated rings. The number of hydrogen-bond donors (Lipinski definition) is 2. The van der Waals surface area contributed by atoms with Gasteiger partial charge in [0.05, 0.1) is 19.3 Å². The summed E-state index contributed by atoms with van der Waals surface area (Å²) >= 11 is 6.16. The molecule has 0 radical (unpaired) electrons. The number of aromatic nitrogens is 1. The lowest BCUT2D eigenvalue weighted by molar-refractivity contribution is 0.241. The van der Waals surface area contributed by atoms with Crippen molar-refractivity contribution in [3.8, 4) is 16.9 Å². The lowest BCUT2D eigenvalue weighted by Crippen LogP contribution is -2.34. The minimum atomic E-state index is -0.190. The molecule has 0 spiro atoms. The number of pyridine rings is 1. The van der Waals surface area contributed by atoms with Crippen LogP contribution in [-0.2, 0) is 13.0 Å². The van der Waals surface area contributed by atoms with Crippen LogP contribution in [0.2, 0.25) is 5.02 Å². The molecule has 0 atom stereocenters. The molecule has 1 heterocycles. The van der Waals surface area contributed by atoms with Gasteiger partial charge in [-0.25, -0.2) is 4.79 Å². The van der Waals surface area contributed by atoms with Crippen molar-refractivity contribution < 1.29 is 9.53 Å². The first-order valence-electron chi connectivity index (χ1n) is 9.47. The number of carbonyl (C=O) groups excluding carboxylic acids is 1. The van der Waals surface area contributed by atoms with Crippen LogP contribution >= 0.6 is 24.0 Å². The molecule has 0 unspecified atom stereocenters. The van der Waals surface area contributed by atoms with Crippen molar-refractivity contribution >= 4 is 30.0 Å². The second-order valence-electron chi connectivity index (χ2n) is 6.59. The predicted octanol–water partition coefficient (Wildman–Crippen LogP) is 5.24. The van der Waals surface area contributed by atoms with Crippen LogP contribution in [0, 0.1) is 0 Å². The lowest BCUT2D eigenvalue weighted by Gasteiger charge is -2.12. The molecule has 0 saturated carbocycles. The highest BCUT2D eigenvalue weighted by atomic mass is 35.5. The molecular formula is C23H25Cl2N3O2. The number of halogens is 2. The molecule has 5 nitrogen and oxygen atoms in total. The molecular weight excluding hydrogens is 421 g/mol. The molecule has 1 aromatic heterocycles. The number of ether oxygens (including phenoxy) is 1. The molecule has 0 aliphatic rings. The molecule has 0 saturated heterocycles. The van der Waals surface area contributed by atoms with E-state index in [0.29, 0.717) is 18.1 Å². The topological polar surface area (TPSA) is 63.2 Å². The Balaban J connectivity index is 0.00000320. The van der Waals surface area contributed by atoms with Crippen LogP contribution in [0.15, 0.2) is 60.8 Å². The summed E-state index contributed by atoms with van der Waals surface area (Å²) in [5, 5.41) is 6.16. The van der Waals surface area contributed by atoms with Crippen LogP contribution in [0.3, 0.4) is 0 Å². The standard InChI is InChI=1S/C23H24ClN3O2.ClH/c1-3-25-23(28)27-15-20-9-7-17(14-26-20)11-16-8-10-22(29-2)21(12-16)18-5-4-6-19(24)13-18;/h4-10,12-14H,3,11,15H2,1-2H3,(H2,25,27,28);1H. The molecule has 30 heavy (non-hydrogen) atoms. The van der Waals surface area contributed by atoms with Crippen LogP contribution < -0.4 is 15.4 Å². The Bertz CT molecular complexity index is 978. The fraction of sp³-hybridized carbons (Fsp3) is 0.217. The fourth-order valence-corrected chi connectivity index (χ4v) is 3.23. The molecule has 3 aromatic rings. The Kier molecular flexibility index (Phi) is 8.96. The van der Waals surface area contributed by atoms with Gasteiger partial charge in [-0.3, -0.25) is 4.98 Å². The van der Waals surface area contributed by atoms with E-state index in [4.69, 9.17) is 16.3 Å². The van der Waals surface area contributed by atoms with E-state index in [0.717, 1.165) is 40.1 Å². The summed E-state index contributed by atoms with van der Waals surface area (Å²) in [6, 6.07) is 17.7. The Hall–Kier alpha value is -2.76. The van der Waals surface area contributed by atoms with Crippen LogP contribution in [0.1, 0.15) is 23.7 Å². The van der Waals surface area contributed by atoms with Gasteiger partial charge < -0.3 is 15.4 Å². The van der Waals surface area contributed by atoms with Crippen molar-refractivity contribution in [1.29, 1.82) is 0 Å². The maximum absolute atomic E-state index is 11.5. The highest BCUT2D eigenvalue weighted by Gasteiger charge is 2.09. The number of benzene rings is 2. The largest absolute Gasteiger partial charge is 0.496 e. The molecule has 3 rings (SSSR count). The number of methoxy groups -OCH3 is 1. The maximum Gasteiger partial charge on any atom is 0.315 e. The van der Waals surface area contributed by atoms with Crippen LogP contribution in [0.25, 0.3) is 11.1 Å². The number of carbonyl (C=O) groups is 1. The second kappa shape index (κ2) is 11.4. The number of amides is 2. The summed E-state index contributed by atoms with van der Waals surface area (Å²) in [4.78, 5) is 15.9. The van der Waals surface area contributed by atoms with E-state index < -0.39 is 0 Å². The first-order valence-corrected chi connectivity index (χ1v) is 9.85. The van der Waals surface area contributed by atoms with Gasteiger partial charge in [0.15, 0.2) is 0 Å². The Morgan fingerprint density at radius 3 is 2.53 bits per heavy atom. The Labute approximate surface area is 188 Å². The van der Waals surface area contributed by atoms with E-state index in [2.05, 4.69) is 27.8 Å². The molecule has 2 aromatic carbocycles. The summed E-state index contributed by atoms with van der Waals surface area (Å²) in [6.45, 7) is 2.87. The summed E-state index contributed by atoms with van der Waals surface area (Å²) in [5.41, 5.74) is 5.07. The molecule has 0 bridgehead atoms. The zero-order valence-corrected chi connectivity index (χ0v) is 18.5. The van der Waals surface area contributed by atoms with E-state index >= 15 is 0 Å². The molecule has 7 heteroatoms. The lowest BCUT2D eigenvalue weighted by atomic mass is 9.98. The Morgan fingerprint density at radius 2 is 1.87 bits per heavy atom. The minimum Gasteiger partial charge on any atom is -0.496 e. The Morgan fingerprint density at radius 1 is 1.07 bits per heavy atom. The highest BCUT2D eigenvalue weighted by molar-refractivity contribution is 6.30. The summed E-state index contributed by atoms with van der Waals surface area (Å²) in [6.07, 6.45) is 2.59. The number of nitrogens with one attached hydrogen (secondary N) is 2. The predicted molar refractivity (Wildman–Crippen MR) is 124 cm³/mol. The summed E-state index contributed by atoms with van der Waals surface area (Å²) in [7, 11) is 1.67. The van der Waals surface area contributed by atoms with Crippen molar-refractivity contribution in [2.24, 2.45) is 0 Å². The van der Waals surface area contributed by atoms with Crippen LogP contribution in [0.5, 0.6) is 5.75 Å². The van der Waals surface area contributed by atoms with Gasteiger partial charge in [-0.2, -0.15) is 0 Å². The quantitative estimate of drug-likeness (QED) is 0.522. The molecule has 2 amide bonds. The summed E-state index contributed by atoms with van der Waals surface area (Å²) < 4.78 is 5.53. The SMILES string of the molecule is CCNC(=O)NCc1ccc(Cc2ccc(OC)c(-c3cccc(Cl)c3)c2)cn1.Cl. The van der Waals surface area contributed by atoms with Crippen molar-refractivity contribution in [1.82, 2.24) is 15.6 Å². The third kappa shape index (κ3) is 6.37. The molecule has 158 valence electrons. The minimum absolute atomic E-state index is 0. The first-order chi connectivity index (χ1) is 14.1. The smallest absolute Gasteiger partial charge is 0.315 e. The van der Waals surface area contributed by atoms with Gasteiger partial charge in [0.2, 0.25) is 0 Å². The van der Waals surface area contributed by atoms with E-state index in [1.807, 2.05) is 55.6 Å². The van der Waals surface area contributed by atoms with Crippen molar-refractivity contribution in [2.75, 3.05) is 13.7 Å². The van der Waals surface area contributed by atoms with Gasteiger partial charge in [-0.1, -0.05) is 35.9 Å². The monoisotopic (exact) mass is 445 g/mol. The van der Waals surface area contributed by atoms with Crippen LogP contribution in [0.4, 0.5) is 4.79 Å². The van der Waals surface area contributed by atoms with Gasteiger partial charge in [0.1, 0.15) is 5.75 Å². The average Bonchev–Trinajstić information content (AvgIpc) is 2.73. The zero-order valence-electron chi connectivity index (χ0n) is 16.9. The zero-order chi connectivity index (χ0) is 20.6. The van der Waals surface area contributed by atoms with E-state index in [-0.39, 0.29) is 18.4 Å². The van der Waals surface area contributed by atoms with Crippen molar-refractivity contribution in [3.63, 3.8) is 0 Å². The van der Waals surface area contributed by atoms with E-state index in [1.165, 1.54) is 0 Å². The first kappa shape index (κ1) is 23.5. The van der Waals surface area contributed by atoms with Crippen molar-refractivity contribution in [3.05, 3.63) is 82.6 Å². The highest BCUT2D eigenvalue weighted by Crippen LogP contribution is 2.32. The molecule has 0 aliphatic carbocycles. The third-order valence-corrected chi connectivity index (χ3v) is 4.70. The number of urea groups is 1. The average molecular weight is 446 g/mol. The molecule has 2 N–H and O–H groups in total. The number of nitrogens with zero attached hydrogens (tertiary/aromatic N) is 1. The second-order valence-corrected chi connectivity index (χ2v) is 7.03. The van der Waals surface area contributed by atoms with Gasteiger partial charge in [-0.15, -0.1) is 12.4 Å². The third-order valence-electron chi connectivity index (χ3n) is 4.46. The van der Waals surface area contributed by atoms with Crippen molar-refractivity contribution in [2.45, 2.75) is 19.9 Å². The number of hydrogen-bond acceptors (Lipinski definition) is 3. The van der Waals surface area contributed by atoms with Gasteiger partial charge in [-0.05, 0) is 60.4 Å². The maximum atomic E-state index is 11.5. The molecule has 0 aliphatic heterocycles. The number of rotatable bonds is 7. The fourth-order valence-electron chi connectivity index (χ4n) is 3.04. The van der Waals surface area contributed by atoms with Gasteiger partial charge in [0.25, 0.3) is 0 Å².